The van der Waals surface area contributed by atoms with Gasteiger partial charge in [0.15, 0.2) is 0 Å². The van der Waals surface area contributed by atoms with E-state index in [0.717, 1.165) is 21.5 Å². The van der Waals surface area contributed by atoms with Crippen LogP contribution in [0.4, 0.5) is 5.69 Å². The van der Waals surface area contributed by atoms with Gasteiger partial charge in [-0.1, -0.05) is 15.9 Å². The van der Waals surface area contributed by atoms with Crippen molar-refractivity contribution in [1.29, 1.82) is 0 Å². The summed E-state index contributed by atoms with van der Waals surface area (Å²) in [4.78, 5) is 12.1. The van der Waals surface area contributed by atoms with Crippen molar-refractivity contribution in [2.45, 2.75) is 20.8 Å². The quantitative estimate of drug-likeness (QED) is 0.902. The Morgan fingerprint density at radius 3 is 2.50 bits per heavy atom. The maximum absolute atomic E-state index is 12.1. The number of rotatable bonds is 2. The van der Waals surface area contributed by atoms with E-state index in [1.54, 1.807) is 13.0 Å². The fourth-order valence-electron chi connectivity index (χ4n) is 1.81. The first-order chi connectivity index (χ1) is 8.47. The van der Waals surface area contributed by atoms with Crippen molar-refractivity contribution in [3.8, 4) is 0 Å². The van der Waals surface area contributed by atoms with Crippen LogP contribution in [-0.2, 0) is 0 Å². The number of carbonyl (C=O) groups is 1. The van der Waals surface area contributed by atoms with E-state index >= 15 is 0 Å². The van der Waals surface area contributed by atoms with Gasteiger partial charge in [0.05, 0.1) is 5.56 Å². The molecule has 0 bridgehead atoms. The van der Waals surface area contributed by atoms with Crippen LogP contribution in [0.2, 0.25) is 0 Å². The summed E-state index contributed by atoms with van der Waals surface area (Å²) in [6, 6.07) is 7.48. The van der Waals surface area contributed by atoms with Gasteiger partial charge in [0.25, 0.3) is 5.91 Å². The predicted molar refractivity (Wildman–Crippen MR) is 75.0 cm³/mol. The summed E-state index contributed by atoms with van der Waals surface area (Å²) < 4.78 is 6.35. The highest BCUT2D eigenvalue weighted by molar-refractivity contribution is 9.10. The van der Waals surface area contributed by atoms with E-state index in [2.05, 4.69) is 21.2 Å². The van der Waals surface area contributed by atoms with E-state index in [4.69, 9.17) is 4.42 Å². The number of nitrogens with one attached hydrogen (secondary N) is 1. The Hall–Kier alpha value is -1.55. The molecule has 0 aliphatic rings. The van der Waals surface area contributed by atoms with Crippen LogP contribution in [0, 0.1) is 20.8 Å². The molecule has 0 fully saturated rings. The molecule has 1 aromatic heterocycles. The van der Waals surface area contributed by atoms with E-state index < -0.39 is 0 Å². The monoisotopic (exact) mass is 307 g/mol. The fraction of sp³-hybridized carbons (Fsp3) is 0.214. The second-order valence-electron chi connectivity index (χ2n) is 4.24. The van der Waals surface area contributed by atoms with Crippen LogP contribution in [0.25, 0.3) is 0 Å². The Morgan fingerprint density at radius 1 is 1.22 bits per heavy atom. The van der Waals surface area contributed by atoms with Crippen molar-refractivity contribution in [2.75, 3.05) is 5.32 Å². The third-order valence-electron chi connectivity index (χ3n) is 2.72. The van der Waals surface area contributed by atoms with Crippen LogP contribution in [0.5, 0.6) is 0 Å². The predicted octanol–water partition coefficient (Wildman–Crippen LogP) is 4.22. The van der Waals surface area contributed by atoms with Crippen LogP contribution in [0.1, 0.15) is 27.4 Å². The lowest BCUT2D eigenvalue weighted by molar-refractivity contribution is 0.102. The van der Waals surface area contributed by atoms with E-state index in [9.17, 15) is 4.79 Å². The number of hydrogen-bond donors (Lipinski definition) is 1. The summed E-state index contributed by atoms with van der Waals surface area (Å²) in [7, 11) is 0. The fourth-order valence-corrected chi connectivity index (χ4v) is 2.29. The molecule has 94 valence electrons. The van der Waals surface area contributed by atoms with Gasteiger partial charge >= 0.3 is 0 Å². The lowest BCUT2D eigenvalue weighted by atomic mass is 10.2. The Labute approximate surface area is 114 Å². The Bertz CT molecular complexity index is 602. The molecule has 0 unspecified atom stereocenters. The van der Waals surface area contributed by atoms with Crippen molar-refractivity contribution >= 4 is 27.5 Å². The largest absolute Gasteiger partial charge is 0.466 e. The number of halogens is 1. The summed E-state index contributed by atoms with van der Waals surface area (Å²) in [6.07, 6.45) is 0. The van der Waals surface area contributed by atoms with Crippen molar-refractivity contribution in [2.24, 2.45) is 0 Å². The molecular formula is C14H14BrNO2. The molecule has 2 rings (SSSR count). The summed E-state index contributed by atoms with van der Waals surface area (Å²) in [5.74, 6) is 1.24. The lowest BCUT2D eigenvalue weighted by Gasteiger charge is -2.08. The minimum Gasteiger partial charge on any atom is -0.466 e. The molecule has 0 atom stereocenters. The molecule has 0 radical (unpaired) electrons. The number of amides is 1. The summed E-state index contributed by atoms with van der Waals surface area (Å²) in [6.45, 7) is 5.57. The van der Waals surface area contributed by atoms with Crippen molar-refractivity contribution in [1.82, 2.24) is 0 Å². The molecule has 0 spiro atoms. The first-order valence-corrected chi connectivity index (χ1v) is 6.41. The van der Waals surface area contributed by atoms with Crippen molar-refractivity contribution in [3.05, 3.63) is 51.4 Å². The summed E-state index contributed by atoms with van der Waals surface area (Å²) in [5.41, 5.74) is 2.40. The van der Waals surface area contributed by atoms with Gasteiger partial charge < -0.3 is 9.73 Å². The Kier molecular flexibility index (Phi) is 3.57. The van der Waals surface area contributed by atoms with Gasteiger partial charge in [-0.15, -0.1) is 0 Å². The molecule has 0 aliphatic heterocycles. The van der Waals surface area contributed by atoms with Crippen LogP contribution < -0.4 is 5.32 Å². The molecule has 1 heterocycles. The Balaban J connectivity index is 2.24. The molecule has 3 nitrogen and oxygen atoms in total. The van der Waals surface area contributed by atoms with E-state index in [-0.39, 0.29) is 5.91 Å². The topological polar surface area (TPSA) is 42.2 Å². The molecule has 4 heteroatoms. The first-order valence-electron chi connectivity index (χ1n) is 5.62. The Morgan fingerprint density at radius 2 is 1.94 bits per heavy atom. The molecule has 0 saturated heterocycles. The maximum atomic E-state index is 12.1. The number of anilines is 1. The lowest BCUT2D eigenvalue weighted by Crippen LogP contribution is -2.12. The van der Waals surface area contributed by atoms with Gasteiger partial charge in [-0.05, 0) is 50.6 Å². The highest BCUT2D eigenvalue weighted by Crippen LogP contribution is 2.22. The molecule has 0 saturated carbocycles. The average Bonchev–Trinajstić information content (AvgIpc) is 2.62. The zero-order valence-electron chi connectivity index (χ0n) is 10.5. The standard InChI is InChI=1S/C14H14BrNO2/c1-8-6-11(15)4-5-13(8)16-14(17)12-7-9(2)18-10(12)3/h4-7H,1-3H3,(H,16,17). The second kappa shape index (κ2) is 4.98. The zero-order chi connectivity index (χ0) is 13.3. The molecule has 18 heavy (non-hydrogen) atoms. The maximum Gasteiger partial charge on any atom is 0.259 e. The van der Waals surface area contributed by atoms with Gasteiger partial charge in [0.1, 0.15) is 11.5 Å². The van der Waals surface area contributed by atoms with Gasteiger partial charge in [0.2, 0.25) is 0 Å². The third kappa shape index (κ3) is 2.64. The number of hydrogen-bond acceptors (Lipinski definition) is 2. The van der Waals surface area contributed by atoms with E-state index in [1.807, 2.05) is 32.0 Å². The van der Waals surface area contributed by atoms with Gasteiger partial charge in [0, 0.05) is 10.2 Å². The number of benzene rings is 1. The first kappa shape index (κ1) is 12.9. The van der Waals surface area contributed by atoms with Gasteiger partial charge in [-0.3, -0.25) is 4.79 Å². The van der Waals surface area contributed by atoms with Crippen molar-refractivity contribution in [3.63, 3.8) is 0 Å². The number of furan rings is 1. The van der Waals surface area contributed by atoms with E-state index in [1.165, 1.54) is 0 Å². The molecule has 1 aromatic carbocycles. The third-order valence-corrected chi connectivity index (χ3v) is 3.22. The smallest absolute Gasteiger partial charge is 0.259 e. The SMILES string of the molecule is Cc1cc(C(=O)Nc2ccc(Br)cc2C)c(C)o1. The van der Waals surface area contributed by atoms with Crippen LogP contribution >= 0.6 is 15.9 Å². The average molecular weight is 308 g/mol. The normalized spacial score (nSPS) is 10.4. The van der Waals surface area contributed by atoms with Gasteiger partial charge in [-0.2, -0.15) is 0 Å². The minimum atomic E-state index is -0.144. The molecular weight excluding hydrogens is 294 g/mol. The highest BCUT2D eigenvalue weighted by atomic mass is 79.9. The number of aryl methyl sites for hydroxylation is 3. The second-order valence-corrected chi connectivity index (χ2v) is 5.16. The summed E-state index contributed by atoms with van der Waals surface area (Å²) in [5, 5.41) is 2.89. The van der Waals surface area contributed by atoms with Gasteiger partial charge in [-0.25, -0.2) is 0 Å². The summed E-state index contributed by atoms with van der Waals surface area (Å²) >= 11 is 3.39. The van der Waals surface area contributed by atoms with Crippen LogP contribution in [0.3, 0.4) is 0 Å². The van der Waals surface area contributed by atoms with E-state index in [0.29, 0.717) is 11.3 Å². The minimum absolute atomic E-state index is 0.144. The molecule has 1 N–H and O–H groups in total. The molecule has 0 aliphatic carbocycles. The van der Waals surface area contributed by atoms with Crippen LogP contribution in [-0.4, -0.2) is 5.91 Å². The highest BCUT2D eigenvalue weighted by Gasteiger charge is 2.14. The number of carbonyl (C=O) groups excluding carboxylic acids is 1. The van der Waals surface area contributed by atoms with Crippen molar-refractivity contribution < 1.29 is 9.21 Å². The zero-order valence-corrected chi connectivity index (χ0v) is 12.1. The van der Waals surface area contributed by atoms with Crippen LogP contribution in [0.15, 0.2) is 33.2 Å². The molecule has 2 aromatic rings. The molecule has 1 amide bonds.